The van der Waals surface area contributed by atoms with E-state index >= 15 is 0 Å². The number of carboxylic acid groups (broad SMARTS) is 1. The maximum Gasteiger partial charge on any atom is 0.411 e. The lowest BCUT2D eigenvalue weighted by Gasteiger charge is -2.24. The fourth-order valence-electron chi connectivity index (χ4n) is 0.783. The number of rotatable bonds is 4. The van der Waals surface area contributed by atoms with Crippen molar-refractivity contribution >= 4 is 18.3 Å². The topological polar surface area (TPSA) is 83.9 Å². The number of carbonyl (C=O) groups is 3. The van der Waals surface area contributed by atoms with Gasteiger partial charge in [0, 0.05) is 0 Å². The Bertz CT molecular complexity index is 256. The average molecular weight is 217 g/mol. The molecule has 0 saturated carbocycles. The van der Waals surface area contributed by atoms with Crippen molar-refractivity contribution in [1.29, 1.82) is 0 Å². The third-order valence-electron chi connectivity index (χ3n) is 1.27. The molecule has 1 N–H and O–H groups in total. The zero-order valence-corrected chi connectivity index (χ0v) is 9.02. The van der Waals surface area contributed by atoms with Crippen LogP contribution in [0.15, 0.2) is 0 Å². The highest BCUT2D eigenvalue weighted by Crippen LogP contribution is 2.09. The van der Waals surface area contributed by atoms with Crippen molar-refractivity contribution in [3.05, 3.63) is 0 Å². The summed E-state index contributed by atoms with van der Waals surface area (Å²) in [6.07, 6.45) is -0.357. The Morgan fingerprint density at radius 2 is 1.93 bits per heavy atom. The van der Waals surface area contributed by atoms with Crippen LogP contribution in [-0.4, -0.2) is 47.0 Å². The number of ether oxygens (including phenoxy) is 1. The molecule has 6 heteroatoms. The molecule has 86 valence electrons. The number of aldehydes is 1. The summed E-state index contributed by atoms with van der Waals surface area (Å²) in [5.41, 5.74) is -0.712. The van der Waals surface area contributed by atoms with Crippen LogP contribution in [0.2, 0.25) is 0 Å². The summed E-state index contributed by atoms with van der Waals surface area (Å²) in [6, 6.07) is 0. The van der Waals surface area contributed by atoms with Gasteiger partial charge >= 0.3 is 12.1 Å². The fraction of sp³-hybridized carbons (Fsp3) is 0.667. The molecule has 1 amide bonds. The van der Waals surface area contributed by atoms with Crippen molar-refractivity contribution in [3.8, 4) is 0 Å². The van der Waals surface area contributed by atoms with Crippen LogP contribution in [0.5, 0.6) is 0 Å². The maximum absolute atomic E-state index is 11.4. The lowest BCUT2D eigenvalue weighted by molar-refractivity contribution is -0.138. The lowest BCUT2D eigenvalue weighted by Crippen LogP contribution is -2.40. The summed E-state index contributed by atoms with van der Waals surface area (Å²) in [5.74, 6) is -1.19. The third kappa shape index (κ3) is 6.48. The molecule has 0 aromatic carbocycles. The van der Waals surface area contributed by atoms with Crippen molar-refractivity contribution in [2.45, 2.75) is 26.4 Å². The van der Waals surface area contributed by atoms with E-state index < -0.39 is 24.2 Å². The molecule has 0 saturated heterocycles. The highest BCUT2D eigenvalue weighted by Gasteiger charge is 2.23. The van der Waals surface area contributed by atoms with E-state index in [1.165, 1.54) is 0 Å². The Morgan fingerprint density at radius 1 is 1.40 bits per heavy atom. The van der Waals surface area contributed by atoms with E-state index in [-0.39, 0.29) is 6.54 Å². The number of aliphatic carboxylic acids is 1. The standard InChI is InChI=1S/C9H15NO5/c1-9(2,3)15-8(14)10(4-5-11)6-7(12)13/h5H,4,6H2,1-3H3,(H,12,13). The van der Waals surface area contributed by atoms with Gasteiger partial charge in [0.15, 0.2) is 0 Å². The Kier molecular flexibility index (Phi) is 4.77. The summed E-state index contributed by atoms with van der Waals surface area (Å²) >= 11 is 0. The van der Waals surface area contributed by atoms with Crippen LogP contribution in [0, 0.1) is 0 Å². The van der Waals surface area contributed by atoms with Gasteiger partial charge in [-0.1, -0.05) is 0 Å². The van der Waals surface area contributed by atoms with Gasteiger partial charge < -0.3 is 14.6 Å². The molecular weight excluding hydrogens is 202 g/mol. The molecule has 0 fully saturated rings. The number of carboxylic acids is 1. The van der Waals surface area contributed by atoms with Gasteiger partial charge in [-0.3, -0.25) is 9.69 Å². The van der Waals surface area contributed by atoms with E-state index in [1.807, 2.05) is 0 Å². The second-order valence-electron chi connectivity index (χ2n) is 3.92. The number of hydrogen-bond donors (Lipinski definition) is 1. The lowest BCUT2D eigenvalue weighted by atomic mass is 10.2. The van der Waals surface area contributed by atoms with E-state index in [2.05, 4.69) is 0 Å². The highest BCUT2D eigenvalue weighted by atomic mass is 16.6. The second-order valence-corrected chi connectivity index (χ2v) is 3.92. The van der Waals surface area contributed by atoms with Gasteiger partial charge in [-0.05, 0) is 20.8 Å². The smallest absolute Gasteiger partial charge is 0.411 e. The largest absolute Gasteiger partial charge is 0.480 e. The van der Waals surface area contributed by atoms with E-state index in [9.17, 15) is 14.4 Å². The molecule has 0 aromatic rings. The first-order valence-electron chi connectivity index (χ1n) is 4.39. The molecule has 0 unspecified atom stereocenters. The van der Waals surface area contributed by atoms with Crippen LogP contribution in [0.1, 0.15) is 20.8 Å². The number of nitrogens with zero attached hydrogens (tertiary/aromatic N) is 1. The van der Waals surface area contributed by atoms with Crippen molar-refractivity contribution in [1.82, 2.24) is 4.90 Å². The zero-order valence-electron chi connectivity index (χ0n) is 9.02. The third-order valence-corrected chi connectivity index (χ3v) is 1.27. The van der Waals surface area contributed by atoms with Crippen LogP contribution >= 0.6 is 0 Å². The fourth-order valence-corrected chi connectivity index (χ4v) is 0.783. The molecule has 6 nitrogen and oxygen atoms in total. The van der Waals surface area contributed by atoms with E-state index in [0.717, 1.165) is 4.90 Å². The molecule has 0 radical (unpaired) electrons. The van der Waals surface area contributed by atoms with Crippen LogP contribution in [0.25, 0.3) is 0 Å². The summed E-state index contributed by atoms with van der Waals surface area (Å²) in [6.45, 7) is 4.13. The average Bonchev–Trinajstić information content (AvgIpc) is 1.99. The number of hydrogen-bond acceptors (Lipinski definition) is 4. The van der Waals surface area contributed by atoms with Gasteiger partial charge in [0.25, 0.3) is 0 Å². The Balaban J connectivity index is 4.41. The van der Waals surface area contributed by atoms with Crippen molar-refractivity contribution in [2.24, 2.45) is 0 Å². The summed E-state index contributed by atoms with van der Waals surface area (Å²) in [4.78, 5) is 32.8. The van der Waals surface area contributed by atoms with Gasteiger partial charge in [-0.25, -0.2) is 4.79 Å². The first-order chi connectivity index (χ1) is 6.76. The van der Waals surface area contributed by atoms with Crippen LogP contribution in [0.4, 0.5) is 4.79 Å². The predicted octanol–water partition coefficient (Wildman–Crippen LogP) is 0.507. The van der Waals surface area contributed by atoms with Crippen molar-refractivity contribution in [3.63, 3.8) is 0 Å². The summed E-state index contributed by atoms with van der Waals surface area (Å²) in [7, 11) is 0. The molecule has 0 atom stereocenters. The number of carbonyl (C=O) groups excluding carboxylic acids is 2. The van der Waals surface area contributed by atoms with Gasteiger partial charge in [-0.15, -0.1) is 0 Å². The predicted molar refractivity (Wildman–Crippen MR) is 51.5 cm³/mol. The summed E-state index contributed by atoms with van der Waals surface area (Å²) in [5, 5.41) is 8.49. The van der Waals surface area contributed by atoms with Crippen LogP contribution in [-0.2, 0) is 14.3 Å². The molecule has 0 spiro atoms. The Hall–Kier alpha value is -1.59. The molecular formula is C9H15NO5. The monoisotopic (exact) mass is 217 g/mol. The minimum Gasteiger partial charge on any atom is -0.480 e. The molecule has 0 heterocycles. The zero-order chi connectivity index (χ0) is 12.1. The molecule has 15 heavy (non-hydrogen) atoms. The second kappa shape index (κ2) is 5.33. The summed E-state index contributed by atoms with van der Waals surface area (Å²) < 4.78 is 4.92. The van der Waals surface area contributed by atoms with Crippen molar-refractivity contribution in [2.75, 3.05) is 13.1 Å². The first-order valence-corrected chi connectivity index (χ1v) is 4.39. The minimum atomic E-state index is -1.19. The Labute approximate surface area is 87.8 Å². The maximum atomic E-state index is 11.4. The van der Waals surface area contributed by atoms with Crippen LogP contribution < -0.4 is 0 Å². The molecule has 0 aliphatic heterocycles. The Morgan fingerprint density at radius 3 is 2.27 bits per heavy atom. The minimum absolute atomic E-state index is 0.290. The van der Waals surface area contributed by atoms with Gasteiger partial charge in [0.2, 0.25) is 0 Å². The molecule has 0 aliphatic rings. The van der Waals surface area contributed by atoms with E-state index in [4.69, 9.17) is 9.84 Å². The van der Waals surface area contributed by atoms with E-state index in [0.29, 0.717) is 6.29 Å². The molecule has 0 rings (SSSR count). The van der Waals surface area contributed by atoms with Crippen molar-refractivity contribution < 1.29 is 24.2 Å². The van der Waals surface area contributed by atoms with Gasteiger partial charge in [-0.2, -0.15) is 0 Å². The SMILES string of the molecule is CC(C)(C)OC(=O)N(CC=O)CC(=O)O. The molecule has 0 bridgehead atoms. The van der Waals surface area contributed by atoms with Gasteiger partial charge in [0.05, 0.1) is 6.54 Å². The first kappa shape index (κ1) is 13.4. The quantitative estimate of drug-likeness (QED) is 0.693. The molecule has 0 aliphatic carbocycles. The van der Waals surface area contributed by atoms with Gasteiger partial charge in [0.1, 0.15) is 18.4 Å². The van der Waals surface area contributed by atoms with E-state index in [1.54, 1.807) is 20.8 Å². The number of amides is 1. The highest BCUT2D eigenvalue weighted by molar-refractivity contribution is 5.78. The normalized spacial score (nSPS) is 10.6. The van der Waals surface area contributed by atoms with Crippen LogP contribution in [0.3, 0.4) is 0 Å². The molecule has 0 aromatic heterocycles.